The van der Waals surface area contributed by atoms with Crippen molar-refractivity contribution in [2.45, 2.75) is 32.6 Å². The lowest BCUT2D eigenvalue weighted by atomic mass is 10.1. The van der Waals surface area contributed by atoms with Crippen LogP contribution in [0.2, 0.25) is 0 Å². The Bertz CT molecular complexity index is 354. The molecular weight excluding hydrogens is 242 g/mol. The second kappa shape index (κ2) is 8.44. The van der Waals surface area contributed by atoms with Crippen molar-refractivity contribution >= 4 is 11.8 Å². The highest BCUT2D eigenvalue weighted by Gasteiger charge is 2.06. The van der Waals surface area contributed by atoms with Gasteiger partial charge >= 0.3 is 0 Å². The highest BCUT2D eigenvalue weighted by molar-refractivity contribution is 7.98. The maximum Gasteiger partial charge on any atom is 0.122 e. The predicted molar refractivity (Wildman–Crippen MR) is 81.4 cm³/mol. The van der Waals surface area contributed by atoms with Gasteiger partial charge in [0.2, 0.25) is 0 Å². The molecule has 0 aliphatic rings. The van der Waals surface area contributed by atoms with Crippen LogP contribution in [-0.4, -0.2) is 19.9 Å². The van der Waals surface area contributed by atoms with E-state index in [9.17, 15) is 0 Å². The Balaban J connectivity index is 2.63. The standard InChI is InChI=1S/C15H25NOS/c1-5-12(2)10-18-11-14-8-13(9-16-3)6-7-15(14)17-4/h6-8,12,16H,5,9-11H2,1-4H3. The van der Waals surface area contributed by atoms with Crippen LogP contribution in [-0.2, 0) is 12.3 Å². The molecule has 0 saturated heterocycles. The SMILES string of the molecule is CCC(C)CSCc1cc(CNC)ccc1OC. The molecule has 2 nitrogen and oxygen atoms in total. The summed E-state index contributed by atoms with van der Waals surface area (Å²) < 4.78 is 5.43. The van der Waals surface area contributed by atoms with Crippen molar-refractivity contribution in [3.05, 3.63) is 29.3 Å². The Kier molecular flexibility index (Phi) is 7.21. The molecule has 1 unspecified atom stereocenters. The third-order valence-electron chi connectivity index (χ3n) is 3.08. The molecule has 102 valence electrons. The normalized spacial score (nSPS) is 12.4. The maximum absolute atomic E-state index is 5.43. The molecule has 3 heteroatoms. The van der Waals surface area contributed by atoms with E-state index >= 15 is 0 Å². The van der Waals surface area contributed by atoms with Crippen molar-refractivity contribution in [3.63, 3.8) is 0 Å². The van der Waals surface area contributed by atoms with Gasteiger partial charge in [-0.25, -0.2) is 0 Å². The van der Waals surface area contributed by atoms with Gasteiger partial charge in [-0.15, -0.1) is 0 Å². The quantitative estimate of drug-likeness (QED) is 0.776. The fourth-order valence-electron chi connectivity index (χ4n) is 1.75. The van der Waals surface area contributed by atoms with Crippen LogP contribution in [0.4, 0.5) is 0 Å². The summed E-state index contributed by atoms with van der Waals surface area (Å²) in [7, 11) is 3.72. The smallest absolute Gasteiger partial charge is 0.122 e. The predicted octanol–water partition coefficient (Wildman–Crippen LogP) is 3.69. The lowest BCUT2D eigenvalue weighted by Crippen LogP contribution is -2.05. The van der Waals surface area contributed by atoms with Crippen LogP contribution in [0.3, 0.4) is 0 Å². The summed E-state index contributed by atoms with van der Waals surface area (Å²) in [5.74, 6) is 4.05. The third-order valence-corrected chi connectivity index (χ3v) is 4.40. The van der Waals surface area contributed by atoms with Gasteiger partial charge in [-0.1, -0.05) is 26.3 Å². The van der Waals surface area contributed by atoms with Gasteiger partial charge in [-0.3, -0.25) is 0 Å². The fourth-order valence-corrected chi connectivity index (χ4v) is 2.95. The van der Waals surface area contributed by atoms with Crippen LogP contribution in [0, 0.1) is 5.92 Å². The zero-order valence-electron chi connectivity index (χ0n) is 12.0. The fraction of sp³-hybridized carbons (Fsp3) is 0.600. The highest BCUT2D eigenvalue weighted by atomic mass is 32.2. The Morgan fingerprint density at radius 1 is 1.39 bits per heavy atom. The monoisotopic (exact) mass is 267 g/mol. The van der Waals surface area contributed by atoms with Crippen LogP contribution < -0.4 is 10.1 Å². The van der Waals surface area contributed by atoms with Crippen molar-refractivity contribution in [2.24, 2.45) is 5.92 Å². The molecule has 0 aliphatic heterocycles. The maximum atomic E-state index is 5.43. The molecule has 0 amide bonds. The molecule has 1 rings (SSSR count). The Morgan fingerprint density at radius 2 is 2.17 bits per heavy atom. The van der Waals surface area contributed by atoms with Crippen LogP contribution in [0.5, 0.6) is 5.75 Å². The van der Waals surface area contributed by atoms with Gasteiger partial charge in [-0.2, -0.15) is 11.8 Å². The summed E-state index contributed by atoms with van der Waals surface area (Å²) in [4.78, 5) is 0. The van der Waals surface area contributed by atoms with Crippen LogP contribution in [0.1, 0.15) is 31.4 Å². The first kappa shape index (κ1) is 15.4. The Morgan fingerprint density at radius 3 is 2.78 bits per heavy atom. The van der Waals surface area contributed by atoms with E-state index in [1.54, 1.807) is 7.11 Å². The summed E-state index contributed by atoms with van der Waals surface area (Å²) in [6, 6.07) is 6.45. The second-order valence-electron chi connectivity index (χ2n) is 4.71. The molecule has 18 heavy (non-hydrogen) atoms. The van der Waals surface area contributed by atoms with Crippen molar-refractivity contribution in [1.82, 2.24) is 5.32 Å². The van der Waals surface area contributed by atoms with Crippen molar-refractivity contribution < 1.29 is 4.74 Å². The minimum atomic E-state index is 0.793. The van der Waals surface area contributed by atoms with E-state index in [1.165, 1.54) is 23.3 Å². The van der Waals surface area contributed by atoms with Gasteiger partial charge in [0.05, 0.1) is 7.11 Å². The van der Waals surface area contributed by atoms with Gasteiger partial charge < -0.3 is 10.1 Å². The summed E-state index contributed by atoms with van der Waals surface area (Å²) in [5.41, 5.74) is 2.62. The van der Waals surface area contributed by atoms with Crippen LogP contribution in [0.25, 0.3) is 0 Å². The van der Waals surface area contributed by atoms with Gasteiger partial charge in [0.25, 0.3) is 0 Å². The molecule has 1 aromatic carbocycles. The van der Waals surface area contributed by atoms with Crippen molar-refractivity contribution in [1.29, 1.82) is 0 Å². The summed E-state index contributed by atoms with van der Waals surface area (Å²) in [6.45, 7) is 5.47. The number of hydrogen-bond acceptors (Lipinski definition) is 3. The third kappa shape index (κ3) is 4.91. The topological polar surface area (TPSA) is 21.3 Å². The van der Waals surface area contributed by atoms with E-state index in [0.717, 1.165) is 24.0 Å². The lowest BCUT2D eigenvalue weighted by molar-refractivity contribution is 0.411. The number of rotatable bonds is 8. The second-order valence-corrected chi connectivity index (χ2v) is 5.74. The van der Waals surface area contributed by atoms with E-state index in [-0.39, 0.29) is 0 Å². The molecule has 1 atom stereocenters. The van der Waals surface area contributed by atoms with Gasteiger partial charge in [0.15, 0.2) is 0 Å². The molecule has 0 saturated carbocycles. The number of methoxy groups -OCH3 is 1. The number of nitrogens with one attached hydrogen (secondary N) is 1. The average Bonchev–Trinajstić information content (AvgIpc) is 2.39. The largest absolute Gasteiger partial charge is 0.496 e. The first-order valence-electron chi connectivity index (χ1n) is 6.59. The van der Waals surface area contributed by atoms with Gasteiger partial charge in [-0.05, 0) is 36.4 Å². The number of hydrogen-bond donors (Lipinski definition) is 1. The van der Waals surface area contributed by atoms with Crippen LogP contribution in [0.15, 0.2) is 18.2 Å². The number of ether oxygens (including phenoxy) is 1. The zero-order valence-corrected chi connectivity index (χ0v) is 12.8. The lowest BCUT2D eigenvalue weighted by Gasteiger charge is -2.12. The molecular formula is C15H25NOS. The molecule has 0 heterocycles. The molecule has 0 radical (unpaired) electrons. The van der Waals surface area contributed by atoms with E-state index in [0.29, 0.717) is 0 Å². The zero-order chi connectivity index (χ0) is 13.4. The molecule has 0 aromatic heterocycles. The van der Waals surface area contributed by atoms with E-state index < -0.39 is 0 Å². The van der Waals surface area contributed by atoms with E-state index in [4.69, 9.17) is 4.74 Å². The highest BCUT2D eigenvalue weighted by Crippen LogP contribution is 2.26. The van der Waals surface area contributed by atoms with Gasteiger partial charge in [0.1, 0.15) is 5.75 Å². The number of benzene rings is 1. The molecule has 0 aliphatic carbocycles. The van der Waals surface area contributed by atoms with Crippen molar-refractivity contribution in [3.8, 4) is 5.75 Å². The summed E-state index contributed by atoms with van der Waals surface area (Å²) in [6.07, 6.45) is 1.25. The first-order valence-corrected chi connectivity index (χ1v) is 7.74. The Hall–Kier alpha value is -0.670. The first-order chi connectivity index (χ1) is 8.71. The summed E-state index contributed by atoms with van der Waals surface area (Å²) >= 11 is 1.99. The molecule has 0 fully saturated rings. The Labute approximate surface area is 116 Å². The molecule has 0 spiro atoms. The summed E-state index contributed by atoms with van der Waals surface area (Å²) in [5, 5.41) is 3.18. The molecule has 1 aromatic rings. The van der Waals surface area contributed by atoms with Gasteiger partial charge in [0, 0.05) is 17.9 Å². The number of thioether (sulfide) groups is 1. The molecule has 0 bridgehead atoms. The van der Waals surface area contributed by atoms with E-state index in [2.05, 4.69) is 37.4 Å². The van der Waals surface area contributed by atoms with Crippen LogP contribution >= 0.6 is 11.8 Å². The van der Waals surface area contributed by atoms with E-state index in [1.807, 2.05) is 18.8 Å². The minimum Gasteiger partial charge on any atom is -0.496 e. The average molecular weight is 267 g/mol. The molecule has 1 N–H and O–H groups in total. The minimum absolute atomic E-state index is 0.793. The van der Waals surface area contributed by atoms with Crippen molar-refractivity contribution in [2.75, 3.05) is 19.9 Å².